The summed E-state index contributed by atoms with van der Waals surface area (Å²) in [5, 5.41) is 2.78. The molecule has 0 atom stereocenters. The van der Waals surface area contributed by atoms with Crippen LogP contribution in [0.2, 0.25) is 0 Å². The molecule has 0 heterocycles. The van der Waals surface area contributed by atoms with E-state index in [1.54, 1.807) is 6.07 Å². The molecular formula is C21H18F2N2O3S. The number of halogens is 2. The van der Waals surface area contributed by atoms with Crippen LogP contribution in [0.1, 0.15) is 21.5 Å². The third-order valence-electron chi connectivity index (χ3n) is 4.21. The lowest BCUT2D eigenvalue weighted by atomic mass is 10.1. The Bertz CT molecular complexity index is 1190. The quantitative estimate of drug-likeness (QED) is 0.637. The first-order valence-corrected chi connectivity index (χ1v) is 10.1. The van der Waals surface area contributed by atoms with E-state index in [1.807, 2.05) is 26.0 Å². The van der Waals surface area contributed by atoms with Gasteiger partial charge in [0.1, 0.15) is 0 Å². The number of carbonyl (C=O) groups is 1. The minimum absolute atomic E-state index is 0.114. The van der Waals surface area contributed by atoms with E-state index in [1.165, 1.54) is 24.3 Å². The topological polar surface area (TPSA) is 75.3 Å². The molecule has 5 nitrogen and oxygen atoms in total. The van der Waals surface area contributed by atoms with Gasteiger partial charge in [-0.25, -0.2) is 17.2 Å². The molecular weight excluding hydrogens is 398 g/mol. The van der Waals surface area contributed by atoms with Gasteiger partial charge in [0.15, 0.2) is 11.6 Å². The predicted molar refractivity (Wildman–Crippen MR) is 107 cm³/mol. The van der Waals surface area contributed by atoms with E-state index in [-0.39, 0.29) is 11.3 Å². The Labute approximate surface area is 167 Å². The van der Waals surface area contributed by atoms with Gasteiger partial charge in [-0.1, -0.05) is 23.8 Å². The molecule has 29 heavy (non-hydrogen) atoms. The highest BCUT2D eigenvalue weighted by atomic mass is 32.2. The fourth-order valence-corrected chi connectivity index (χ4v) is 3.79. The second-order valence-electron chi connectivity index (χ2n) is 6.53. The molecule has 0 bridgehead atoms. The zero-order valence-corrected chi connectivity index (χ0v) is 16.5. The smallest absolute Gasteiger partial charge is 0.261 e. The lowest BCUT2D eigenvalue weighted by molar-refractivity contribution is 0.102. The highest BCUT2D eigenvalue weighted by molar-refractivity contribution is 7.92. The maximum absolute atomic E-state index is 13.4. The second kappa shape index (κ2) is 8.00. The van der Waals surface area contributed by atoms with Crippen LogP contribution in [0.5, 0.6) is 0 Å². The normalized spacial score (nSPS) is 11.2. The lowest BCUT2D eigenvalue weighted by Gasteiger charge is -2.11. The van der Waals surface area contributed by atoms with Gasteiger partial charge in [0.2, 0.25) is 0 Å². The van der Waals surface area contributed by atoms with Crippen LogP contribution >= 0.6 is 0 Å². The number of nitrogens with one attached hydrogen (secondary N) is 2. The molecule has 0 aliphatic carbocycles. The van der Waals surface area contributed by atoms with Crippen LogP contribution in [-0.2, 0) is 10.0 Å². The molecule has 0 aliphatic heterocycles. The SMILES string of the molecule is Cc1ccc(NC(=O)c2cccc(NS(=O)(=O)c3ccc(F)c(F)c3)c2)c(C)c1. The summed E-state index contributed by atoms with van der Waals surface area (Å²) in [6, 6.07) is 13.7. The van der Waals surface area contributed by atoms with Gasteiger partial charge in [0.05, 0.1) is 4.90 Å². The van der Waals surface area contributed by atoms with Crippen LogP contribution in [-0.4, -0.2) is 14.3 Å². The third kappa shape index (κ3) is 4.78. The molecule has 0 saturated carbocycles. The summed E-state index contributed by atoms with van der Waals surface area (Å²) in [7, 11) is -4.15. The molecule has 0 spiro atoms. The number of sulfonamides is 1. The number of hydrogen-bond acceptors (Lipinski definition) is 3. The Kier molecular flexibility index (Phi) is 5.65. The molecule has 0 saturated heterocycles. The van der Waals surface area contributed by atoms with Crippen LogP contribution < -0.4 is 10.0 Å². The minimum Gasteiger partial charge on any atom is -0.322 e. The van der Waals surface area contributed by atoms with Crippen molar-refractivity contribution in [2.75, 3.05) is 10.0 Å². The van der Waals surface area contributed by atoms with Crippen molar-refractivity contribution >= 4 is 27.3 Å². The van der Waals surface area contributed by atoms with E-state index in [9.17, 15) is 22.0 Å². The van der Waals surface area contributed by atoms with Gasteiger partial charge in [0, 0.05) is 16.9 Å². The van der Waals surface area contributed by atoms with E-state index in [2.05, 4.69) is 10.0 Å². The molecule has 3 rings (SSSR count). The zero-order valence-electron chi connectivity index (χ0n) is 15.7. The van der Waals surface area contributed by atoms with Crippen molar-refractivity contribution in [3.8, 4) is 0 Å². The first-order chi connectivity index (χ1) is 13.7. The maximum atomic E-state index is 13.4. The molecule has 0 fully saturated rings. The zero-order chi connectivity index (χ0) is 21.2. The number of hydrogen-bond donors (Lipinski definition) is 2. The number of amides is 1. The van der Waals surface area contributed by atoms with E-state index >= 15 is 0 Å². The van der Waals surface area contributed by atoms with Crippen molar-refractivity contribution in [1.82, 2.24) is 0 Å². The van der Waals surface area contributed by atoms with Gasteiger partial charge >= 0.3 is 0 Å². The molecule has 0 radical (unpaired) electrons. The number of rotatable bonds is 5. The monoisotopic (exact) mass is 416 g/mol. The molecule has 0 unspecified atom stereocenters. The van der Waals surface area contributed by atoms with Crippen molar-refractivity contribution in [2.24, 2.45) is 0 Å². The molecule has 150 valence electrons. The van der Waals surface area contributed by atoms with Crippen LogP contribution in [0.3, 0.4) is 0 Å². The molecule has 1 amide bonds. The summed E-state index contributed by atoms with van der Waals surface area (Å²) < 4.78 is 53.5. The second-order valence-corrected chi connectivity index (χ2v) is 8.22. The van der Waals surface area contributed by atoms with Crippen molar-refractivity contribution in [2.45, 2.75) is 18.7 Å². The first kappa shape index (κ1) is 20.5. The van der Waals surface area contributed by atoms with Gasteiger partial charge in [-0.05, 0) is 61.9 Å². The van der Waals surface area contributed by atoms with E-state index in [4.69, 9.17) is 0 Å². The Hall–Kier alpha value is -3.26. The Balaban J connectivity index is 1.81. The van der Waals surface area contributed by atoms with Gasteiger partial charge in [0.25, 0.3) is 15.9 Å². The molecule has 8 heteroatoms. The molecule has 0 aromatic heterocycles. The minimum atomic E-state index is -4.15. The van der Waals surface area contributed by atoms with Crippen molar-refractivity contribution in [1.29, 1.82) is 0 Å². The number of aryl methyl sites for hydroxylation is 2. The van der Waals surface area contributed by atoms with Crippen molar-refractivity contribution in [3.63, 3.8) is 0 Å². The summed E-state index contributed by atoms with van der Waals surface area (Å²) in [4.78, 5) is 12.1. The summed E-state index contributed by atoms with van der Waals surface area (Å²) in [5.41, 5.74) is 2.95. The average Bonchev–Trinajstić information content (AvgIpc) is 2.66. The summed E-state index contributed by atoms with van der Waals surface area (Å²) in [5.74, 6) is -2.82. The summed E-state index contributed by atoms with van der Waals surface area (Å²) in [6.45, 7) is 3.82. The van der Waals surface area contributed by atoms with Gasteiger partial charge < -0.3 is 5.32 Å². The van der Waals surface area contributed by atoms with Crippen LogP contribution in [0.25, 0.3) is 0 Å². The van der Waals surface area contributed by atoms with E-state index in [0.717, 1.165) is 23.3 Å². The summed E-state index contributed by atoms with van der Waals surface area (Å²) >= 11 is 0. The Morgan fingerprint density at radius 3 is 2.34 bits per heavy atom. The Morgan fingerprint density at radius 1 is 0.897 bits per heavy atom. The number of benzene rings is 3. The number of carbonyl (C=O) groups excluding carboxylic acids is 1. The molecule has 2 N–H and O–H groups in total. The third-order valence-corrected chi connectivity index (χ3v) is 5.59. The predicted octanol–water partition coefficient (Wildman–Crippen LogP) is 4.63. The van der Waals surface area contributed by atoms with E-state index < -0.39 is 32.5 Å². The van der Waals surface area contributed by atoms with Gasteiger partial charge in [-0.2, -0.15) is 0 Å². The van der Waals surface area contributed by atoms with Crippen LogP contribution in [0.4, 0.5) is 20.2 Å². The highest BCUT2D eigenvalue weighted by Gasteiger charge is 2.17. The maximum Gasteiger partial charge on any atom is 0.261 e. The van der Waals surface area contributed by atoms with Crippen molar-refractivity contribution < 1.29 is 22.0 Å². The van der Waals surface area contributed by atoms with Crippen LogP contribution in [0, 0.1) is 25.5 Å². The molecule has 3 aromatic rings. The van der Waals surface area contributed by atoms with Gasteiger partial charge in [-0.3, -0.25) is 9.52 Å². The molecule has 3 aromatic carbocycles. The lowest BCUT2D eigenvalue weighted by Crippen LogP contribution is -2.15. The molecule has 0 aliphatic rings. The summed E-state index contributed by atoms with van der Waals surface area (Å²) in [6.07, 6.45) is 0. The number of anilines is 2. The van der Waals surface area contributed by atoms with Gasteiger partial charge in [-0.15, -0.1) is 0 Å². The average molecular weight is 416 g/mol. The largest absolute Gasteiger partial charge is 0.322 e. The van der Waals surface area contributed by atoms with Crippen molar-refractivity contribution in [3.05, 3.63) is 89.0 Å². The fourth-order valence-electron chi connectivity index (χ4n) is 2.73. The first-order valence-electron chi connectivity index (χ1n) is 8.62. The standard InChI is InChI=1S/C21H18F2N2O3S/c1-13-6-9-20(14(2)10-13)24-21(26)15-4-3-5-16(11-15)25-29(27,28)17-7-8-18(22)19(23)12-17/h3-12,25H,1-2H3,(H,24,26). The Morgan fingerprint density at radius 2 is 1.66 bits per heavy atom. The van der Waals surface area contributed by atoms with Crippen LogP contribution in [0.15, 0.2) is 65.6 Å². The fraction of sp³-hybridized carbons (Fsp3) is 0.0952. The van der Waals surface area contributed by atoms with E-state index in [0.29, 0.717) is 11.8 Å². The highest BCUT2D eigenvalue weighted by Crippen LogP contribution is 2.21.